The van der Waals surface area contributed by atoms with Crippen molar-refractivity contribution in [3.8, 4) is 11.8 Å². The molecule has 0 spiro atoms. The van der Waals surface area contributed by atoms with Crippen molar-refractivity contribution in [3.63, 3.8) is 0 Å². The molecule has 0 fully saturated rings. The van der Waals surface area contributed by atoms with Gasteiger partial charge in [-0.25, -0.2) is 4.68 Å². The summed E-state index contributed by atoms with van der Waals surface area (Å²) >= 11 is 4.74. The van der Waals surface area contributed by atoms with Crippen LogP contribution in [0.15, 0.2) is 56.6 Å². The fourth-order valence-electron chi connectivity index (χ4n) is 2.59. The van der Waals surface area contributed by atoms with Gasteiger partial charge in [0.1, 0.15) is 17.3 Å². The Morgan fingerprint density at radius 3 is 2.63 bits per heavy atom. The van der Waals surface area contributed by atoms with Crippen LogP contribution < -0.4 is 10.9 Å². The number of aromatic nitrogens is 2. The highest BCUT2D eigenvalue weighted by Gasteiger charge is 2.20. The summed E-state index contributed by atoms with van der Waals surface area (Å²) in [6.45, 7) is 1.74. The number of hydrogen-bond acceptors (Lipinski definition) is 4. The molecule has 1 amide bonds. The second-order valence-corrected chi connectivity index (χ2v) is 7.59. The third kappa shape index (κ3) is 3.79. The third-order valence-corrected chi connectivity index (χ3v) is 5.67. The minimum Gasteiger partial charge on any atom is -0.315 e. The van der Waals surface area contributed by atoms with E-state index >= 15 is 0 Å². The summed E-state index contributed by atoms with van der Waals surface area (Å²) in [6.07, 6.45) is 1.50. The molecule has 0 saturated heterocycles. The lowest BCUT2D eigenvalue weighted by Gasteiger charge is -2.07. The molecule has 0 aliphatic carbocycles. The molecule has 1 aromatic carbocycles. The molecule has 1 N–H and O–H groups in total. The van der Waals surface area contributed by atoms with Gasteiger partial charge in [0.25, 0.3) is 11.5 Å². The molecule has 0 aliphatic rings. The Morgan fingerprint density at radius 2 is 2.04 bits per heavy atom. The molecule has 0 atom stereocenters. The fraction of sp³-hybridized carbons (Fsp3) is 0.105. The van der Waals surface area contributed by atoms with Gasteiger partial charge in [0.2, 0.25) is 0 Å². The Morgan fingerprint density at radius 1 is 1.33 bits per heavy atom. The number of nitrogens with zero attached hydrogens (tertiary/aromatic N) is 3. The highest BCUT2D eigenvalue weighted by Crippen LogP contribution is 2.22. The van der Waals surface area contributed by atoms with Crippen molar-refractivity contribution in [1.82, 2.24) is 9.36 Å². The molecule has 0 aliphatic heterocycles. The first-order valence-electron chi connectivity index (χ1n) is 7.93. The maximum absolute atomic E-state index is 12.8. The minimum absolute atomic E-state index is 0.0711. The van der Waals surface area contributed by atoms with Gasteiger partial charge in [-0.3, -0.25) is 14.3 Å². The van der Waals surface area contributed by atoms with Gasteiger partial charge >= 0.3 is 0 Å². The standard InChI is InChI=1S/C19H15BrN4O2S/c1-12-17(19(26)24(23(12)2)15-6-4-3-5-7-15)22-18(25)13(10-21)8-16-9-14(20)11-27-16/h3-9,11H,1-2H3,(H,22,25)/b13-8+. The van der Waals surface area contributed by atoms with Gasteiger partial charge in [0.15, 0.2) is 0 Å². The van der Waals surface area contributed by atoms with Crippen LogP contribution >= 0.6 is 27.3 Å². The van der Waals surface area contributed by atoms with Crippen LogP contribution in [0.25, 0.3) is 11.8 Å². The molecule has 0 bridgehead atoms. The number of halogens is 1. The van der Waals surface area contributed by atoms with Crippen LogP contribution in [0.1, 0.15) is 10.6 Å². The number of nitrogens with one attached hydrogen (secondary N) is 1. The molecule has 3 aromatic rings. The SMILES string of the molecule is Cc1c(NC(=O)/C(C#N)=C/c2cc(Br)cs2)c(=O)n(-c2ccccc2)n1C. The average Bonchev–Trinajstić information content (AvgIpc) is 3.16. The largest absolute Gasteiger partial charge is 0.315 e. The summed E-state index contributed by atoms with van der Waals surface area (Å²) in [4.78, 5) is 26.2. The van der Waals surface area contributed by atoms with E-state index in [1.54, 1.807) is 18.7 Å². The van der Waals surface area contributed by atoms with Crippen LogP contribution in [0.5, 0.6) is 0 Å². The molecule has 0 unspecified atom stereocenters. The van der Waals surface area contributed by atoms with Gasteiger partial charge in [-0.2, -0.15) is 5.26 Å². The van der Waals surface area contributed by atoms with Gasteiger partial charge in [-0.15, -0.1) is 11.3 Å². The Hall–Kier alpha value is -2.89. The number of hydrogen-bond donors (Lipinski definition) is 1. The zero-order chi connectivity index (χ0) is 19.6. The molecular formula is C19H15BrN4O2S. The first-order valence-corrected chi connectivity index (χ1v) is 9.61. The van der Waals surface area contributed by atoms with Crippen LogP contribution in [-0.2, 0) is 11.8 Å². The molecular weight excluding hydrogens is 428 g/mol. The van der Waals surface area contributed by atoms with Gasteiger partial charge in [0, 0.05) is 21.8 Å². The summed E-state index contributed by atoms with van der Waals surface area (Å²) < 4.78 is 4.01. The van der Waals surface area contributed by atoms with Crippen molar-refractivity contribution in [2.45, 2.75) is 6.92 Å². The number of carbonyl (C=O) groups excluding carboxylic acids is 1. The number of amides is 1. The normalized spacial score (nSPS) is 11.3. The van der Waals surface area contributed by atoms with Crippen LogP contribution in [0, 0.1) is 18.3 Å². The average molecular weight is 443 g/mol. The van der Waals surface area contributed by atoms with E-state index < -0.39 is 5.91 Å². The highest BCUT2D eigenvalue weighted by atomic mass is 79.9. The van der Waals surface area contributed by atoms with Crippen LogP contribution in [-0.4, -0.2) is 15.3 Å². The van der Waals surface area contributed by atoms with Gasteiger partial charge in [0.05, 0.1) is 11.4 Å². The number of carbonyl (C=O) groups is 1. The molecule has 0 radical (unpaired) electrons. The quantitative estimate of drug-likeness (QED) is 0.492. The number of benzene rings is 1. The topological polar surface area (TPSA) is 79.8 Å². The zero-order valence-corrected chi connectivity index (χ0v) is 17.0. The molecule has 3 rings (SSSR count). The lowest BCUT2D eigenvalue weighted by atomic mass is 10.2. The second-order valence-electron chi connectivity index (χ2n) is 5.73. The first kappa shape index (κ1) is 18.9. The van der Waals surface area contributed by atoms with Gasteiger partial charge in [-0.05, 0) is 47.1 Å². The summed E-state index contributed by atoms with van der Waals surface area (Å²) in [7, 11) is 1.74. The summed E-state index contributed by atoms with van der Waals surface area (Å²) in [5.74, 6) is -0.618. The van der Waals surface area contributed by atoms with Crippen LogP contribution in [0.2, 0.25) is 0 Å². The molecule has 27 heavy (non-hydrogen) atoms. The van der Waals surface area contributed by atoms with Crippen LogP contribution in [0.4, 0.5) is 5.69 Å². The molecule has 2 aromatic heterocycles. The maximum Gasteiger partial charge on any atom is 0.295 e. The van der Waals surface area contributed by atoms with E-state index in [1.165, 1.54) is 22.1 Å². The van der Waals surface area contributed by atoms with Gasteiger partial charge < -0.3 is 5.32 Å². The predicted molar refractivity (Wildman–Crippen MR) is 110 cm³/mol. The van der Waals surface area contributed by atoms with E-state index in [1.807, 2.05) is 47.8 Å². The van der Waals surface area contributed by atoms with E-state index in [0.29, 0.717) is 11.4 Å². The van der Waals surface area contributed by atoms with Gasteiger partial charge in [-0.1, -0.05) is 18.2 Å². The zero-order valence-electron chi connectivity index (χ0n) is 14.6. The van der Waals surface area contributed by atoms with Crippen molar-refractivity contribution >= 4 is 44.9 Å². The van der Waals surface area contributed by atoms with E-state index in [0.717, 1.165) is 9.35 Å². The summed E-state index contributed by atoms with van der Waals surface area (Å²) in [6, 6.07) is 12.8. The number of nitriles is 1. The number of rotatable bonds is 4. The van der Waals surface area contributed by atoms with E-state index in [-0.39, 0.29) is 16.8 Å². The van der Waals surface area contributed by atoms with E-state index in [9.17, 15) is 14.9 Å². The van der Waals surface area contributed by atoms with Crippen LogP contribution in [0.3, 0.4) is 0 Å². The lowest BCUT2D eigenvalue weighted by molar-refractivity contribution is -0.112. The number of thiophene rings is 1. The summed E-state index contributed by atoms with van der Waals surface area (Å²) in [5, 5.41) is 13.8. The molecule has 8 heteroatoms. The lowest BCUT2D eigenvalue weighted by Crippen LogP contribution is -2.23. The molecule has 136 valence electrons. The number of anilines is 1. The predicted octanol–water partition coefficient (Wildman–Crippen LogP) is 3.85. The maximum atomic E-state index is 12.8. The smallest absolute Gasteiger partial charge is 0.295 e. The first-order chi connectivity index (χ1) is 12.9. The Bertz CT molecular complexity index is 1130. The molecule has 2 heterocycles. The third-order valence-electron chi connectivity index (χ3n) is 4.03. The Balaban J connectivity index is 1.96. The van der Waals surface area contributed by atoms with Crippen molar-refractivity contribution in [1.29, 1.82) is 5.26 Å². The van der Waals surface area contributed by atoms with Crippen molar-refractivity contribution in [2.75, 3.05) is 5.32 Å². The second kappa shape index (κ2) is 7.78. The van der Waals surface area contributed by atoms with E-state index in [2.05, 4.69) is 21.2 Å². The Kier molecular flexibility index (Phi) is 5.44. The minimum atomic E-state index is -0.618. The highest BCUT2D eigenvalue weighted by molar-refractivity contribution is 9.10. The summed E-state index contributed by atoms with van der Waals surface area (Å²) in [5.41, 5.74) is 1.00. The molecule has 0 saturated carbocycles. The van der Waals surface area contributed by atoms with Crippen molar-refractivity contribution < 1.29 is 4.79 Å². The monoisotopic (exact) mass is 442 g/mol. The van der Waals surface area contributed by atoms with E-state index in [4.69, 9.17) is 0 Å². The number of para-hydroxylation sites is 1. The van der Waals surface area contributed by atoms with Crippen molar-refractivity contribution in [3.05, 3.63) is 72.7 Å². The Labute approximate surface area is 168 Å². The molecule has 6 nitrogen and oxygen atoms in total. The van der Waals surface area contributed by atoms with Crippen molar-refractivity contribution in [2.24, 2.45) is 7.05 Å². The fourth-order valence-corrected chi connectivity index (χ4v) is 3.96.